The normalized spacial score (nSPS) is 10.2. The molecule has 3 heteroatoms. The van der Waals surface area contributed by atoms with Gasteiger partial charge in [0.25, 0.3) is 5.91 Å². The van der Waals surface area contributed by atoms with Crippen LogP contribution in [0.4, 0.5) is 0 Å². The Kier molecular flexibility index (Phi) is 1.70. The number of carbonyl (C=O) groups excluding carboxylic acids is 1. The fraction of sp³-hybridized carbons (Fsp3) is 0. The summed E-state index contributed by atoms with van der Waals surface area (Å²) in [6, 6.07) is 11.9. The SMILES string of the molecule is NC(=O)c1[c]cc2ccccc2n1. The average Bonchev–Trinajstić information content (AvgIpc) is 2.17. The van der Waals surface area contributed by atoms with Crippen molar-refractivity contribution in [1.82, 2.24) is 4.98 Å². The van der Waals surface area contributed by atoms with Crippen LogP contribution >= 0.6 is 0 Å². The van der Waals surface area contributed by atoms with Crippen LogP contribution in [0.1, 0.15) is 10.5 Å². The number of rotatable bonds is 1. The molecule has 0 saturated heterocycles. The van der Waals surface area contributed by atoms with Crippen LogP contribution in [0, 0.1) is 6.07 Å². The lowest BCUT2D eigenvalue weighted by molar-refractivity contribution is 0.0995. The number of amides is 1. The molecule has 1 aromatic carbocycles. The highest BCUT2D eigenvalue weighted by Gasteiger charge is 2.02. The third-order valence-electron chi connectivity index (χ3n) is 1.77. The first-order chi connectivity index (χ1) is 6.27. The lowest BCUT2D eigenvalue weighted by Gasteiger charge is -1.97. The minimum absolute atomic E-state index is 0.179. The van der Waals surface area contributed by atoms with E-state index >= 15 is 0 Å². The molecule has 63 valence electrons. The smallest absolute Gasteiger partial charge is 0.267 e. The average molecular weight is 171 g/mol. The van der Waals surface area contributed by atoms with Crippen LogP contribution in [-0.2, 0) is 0 Å². The third kappa shape index (κ3) is 1.36. The highest BCUT2D eigenvalue weighted by atomic mass is 16.1. The zero-order valence-electron chi connectivity index (χ0n) is 6.82. The van der Waals surface area contributed by atoms with Crippen LogP contribution in [0.3, 0.4) is 0 Å². The van der Waals surface area contributed by atoms with Crippen molar-refractivity contribution >= 4 is 16.8 Å². The van der Waals surface area contributed by atoms with Crippen molar-refractivity contribution < 1.29 is 4.79 Å². The molecule has 0 aliphatic heterocycles. The van der Waals surface area contributed by atoms with Crippen LogP contribution in [0.5, 0.6) is 0 Å². The van der Waals surface area contributed by atoms with Gasteiger partial charge < -0.3 is 5.73 Å². The number of pyridine rings is 1. The first-order valence-electron chi connectivity index (χ1n) is 3.84. The topological polar surface area (TPSA) is 56.0 Å². The van der Waals surface area contributed by atoms with E-state index in [0.29, 0.717) is 0 Å². The Morgan fingerprint density at radius 3 is 2.92 bits per heavy atom. The van der Waals surface area contributed by atoms with E-state index in [-0.39, 0.29) is 5.69 Å². The van der Waals surface area contributed by atoms with Gasteiger partial charge in [-0.3, -0.25) is 4.79 Å². The molecule has 1 heterocycles. The van der Waals surface area contributed by atoms with Crippen molar-refractivity contribution in [3.05, 3.63) is 42.1 Å². The van der Waals surface area contributed by atoms with Gasteiger partial charge in [-0.2, -0.15) is 0 Å². The molecule has 2 N–H and O–H groups in total. The van der Waals surface area contributed by atoms with E-state index in [9.17, 15) is 4.79 Å². The minimum Gasteiger partial charge on any atom is -0.364 e. The number of aromatic nitrogens is 1. The maximum absolute atomic E-state index is 10.8. The number of benzene rings is 1. The standard InChI is InChI=1S/C10H7N2O/c11-10(13)9-6-5-7-3-1-2-4-8(7)12-9/h1-5H,(H2,11,13). The van der Waals surface area contributed by atoms with Crippen LogP contribution in [0.25, 0.3) is 10.9 Å². The zero-order chi connectivity index (χ0) is 9.26. The highest BCUT2D eigenvalue weighted by Crippen LogP contribution is 2.10. The van der Waals surface area contributed by atoms with Gasteiger partial charge in [-0.25, -0.2) is 4.98 Å². The van der Waals surface area contributed by atoms with Crippen LogP contribution in [-0.4, -0.2) is 10.9 Å². The maximum atomic E-state index is 10.8. The monoisotopic (exact) mass is 171 g/mol. The molecule has 0 aliphatic rings. The summed E-state index contributed by atoms with van der Waals surface area (Å²) < 4.78 is 0. The van der Waals surface area contributed by atoms with Gasteiger partial charge in [0.05, 0.1) is 5.52 Å². The minimum atomic E-state index is -0.550. The molecule has 0 unspecified atom stereocenters. The van der Waals surface area contributed by atoms with E-state index in [1.165, 1.54) is 0 Å². The number of para-hydroxylation sites is 1. The summed E-state index contributed by atoms with van der Waals surface area (Å²) >= 11 is 0. The quantitative estimate of drug-likeness (QED) is 0.699. The molecule has 13 heavy (non-hydrogen) atoms. The molecule has 2 rings (SSSR count). The predicted octanol–water partition coefficient (Wildman–Crippen LogP) is 1.13. The second kappa shape index (κ2) is 2.86. The first-order valence-corrected chi connectivity index (χ1v) is 3.84. The molecule has 0 fully saturated rings. The Bertz CT molecular complexity index is 465. The fourth-order valence-electron chi connectivity index (χ4n) is 1.14. The van der Waals surface area contributed by atoms with Gasteiger partial charge in [-0.15, -0.1) is 0 Å². The van der Waals surface area contributed by atoms with E-state index in [1.807, 2.05) is 24.3 Å². The molecule has 0 bridgehead atoms. The number of carbonyl (C=O) groups is 1. The lowest BCUT2D eigenvalue weighted by atomic mass is 10.2. The summed E-state index contributed by atoms with van der Waals surface area (Å²) in [5, 5.41) is 0.951. The summed E-state index contributed by atoms with van der Waals surface area (Å²) in [7, 11) is 0. The highest BCUT2D eigenvalue weighted by molar-refractivity contribution is 5.93. The Labute approximate surface area is 75.2 Å². The molecule has 0 saturated carbocycles. The van der Waals surface area contributed by atoms with Gasteiger partial charge >= 0.3 is 0 Å². The largest absolute Gasteiger partial charge is 0.364 e. The van der Waals surface area contributed by atoms with Crippen LogP contribution in [0.2, 0.25) is 0 Å². The second-order valence-electron chi connectivity index (χ2n) is 2.67. The molecule has 0 atom stereocenters. The Balaban J connectivity index is 2.69. The van der Waals surface area contributed by atoms with E-state index in [1.54, 1.807) is 6.07 Å². The van der Waals surface area contributed by atoms with Gasteiger partial charge in [0.2, 0.25) is 0 Å². The number of hydrogen-bond donors (Lipinski definition) is 1. The number of hydrogen-bond acceptors (Lipinski definition) is 2. The molecule has 3 nitrogen and oxygen atoms in total. The van der Waals surface area contributed by atoms with Gasteiger partial charge in [0.1, 0.15) is 5.69 Å². The third-order valence-corrected chi connectivity index (χ3v) is 1.77. The molecule has 1 amide bonds. The number of primary amides is 1. The molecule has 2 aromatic rings. The van der Waals surface area contributed by atoms with Gasteiger partial charge in [0, 0.05) is 11.5 Å². The molecule has 0 aliphatic carbocycles. The molecule has 1 aromatic heterocycles. The van der Waals surface area contributed by atoms with Crippen molar-refractivity contribution in [2.45, 2.75) is 0 Å². The summed E-state index contributed by atoms with van der Waals surface area (Å²) in [5.41, 5.74) is 6.01. The van der Waals surface area contributed by atoms with Crippen molar-refractivity contribution in [2.24, 2.45) is 5.73 Å². The van der Waals surface area contributed by atoms with E-state index in [2.05, 4.69) is 11.1 Å². The maximum Gasteiger partial charge on any atom is 0.267 e. The molecule has 1 radical (unpaired) electrons. The first kappa shape index (κ1) is 7.73. The summed E-state index contributed by atoms with van der Waals surface area (Å²) in [6.45, 7) is 0. The Morgan fingerprint density at radius 1 is 1.38 bits per heavy atom. The number of fused-ring (bicyclic) bond motifs is 1. The second-order valence-corrected chi connectivity index (χ2v) is 2.67. The van der Waals surface area contributed by atoms with E-state index in [4.69, 9.17) is 5.73 Å². The van der Waals surface area contributed by atoms with Crippen molar-refractivity contribution in [2.75, 3.05) is 0 Å². The Morgan fingerprint density at radius 2 is 2.15 bits per heavy atom. The summed E-state index contributed by atoms with van der Waals surface area (Å²) in [5.74, 6) is -0.550. The van der Waals surface area contributed by atoms with Crippen molar-refractivity contribution in [3.63, 3.8) is 0 Å². The summed E-state index contributed by atoms with van der Waals surface area (Å²) in [4.78, 5) is 14.8. The zero-order valence-corrected chi connectivity index (χ0v) is 6.82. The fourth-order valence-corrected chi connectivity index (χ4v) is 1.14. The number of nitrogens with zero attached hydrogens (tertiary/aromatic N) is 1. The number of nitrogens with two attached hydrogens (primary N) is 1. The van der Waals surface area contributed by atoms with Crippen LogP contribution < -0.4 is 5.73 Å². The van der Waals surface area contributed by atoms with Crippen molar-refractivity contribution in [3.8, 4) is 0 Å². The van der Waals surface area contributed by atoms with E-state index < -0.39 is 5.91 Å². The van der Waals surface area contributed by atoms with E-state index in [0.717, 1.165) is 10.9 Å². The van der Waals surface area contributed by atoms with Gasteiger partial charge in [-0.05, 0) is 12.1 Å². The molecular formula is C10H7N2O. The van der Waals surface area contributed by atoms with Gasteiger partial charge in [-0.1, -0.05) is 18.2 Å². The Hall–Kier alpha value is -1.90. The lowest BCUT2D eigenvalue weighted by Crippen LogP contribution is -2.12. The predicted molar refractivity (Wildman–Crippen MR) is 49.1 cm³/mol. The summed E-state index contributed by atoms with van der Waals surface area (Å²) in [6.07, 6.45) is 0. The molecular weight excluding hydrogens is 164 g/mol. The van der Waals surface area contributed by atoms with Gasteiger partial charge in [0.15, 0.2) is 0 Å². The molecule has 0 spiro atoms. The van der Waals surface area contributed by atoms with Crippen LogP contribution in [0.15, 0.2) is 30.3 Å². The van der Waals surface area contributed by atoms with Crippen molar-refractivity contribution in [1.29, 1.82) is 0 Å².